The highest BCUT2D eigenvalue weighted by molar-refractivity contribution is 9.10. The summed E-state index contributed by atoms with van der Waals surface area (Å²) in [5.41, 5.74) is 10.1. The number of rotatable bonds is 5. The second kappa shape index (κ2) is 8.00. The number of halogens is 1. The second-order valence-electron chi connectivity index (χ2n) is 6.41. The Morgan fingerprint density at radius 3 is 2.69 bits per heavy atom. The van der Waals surface area contributed by atoms with E-state index < -0.39 is 31.1 Å². The average Bonchev–Trinajstić information content (AvgIpc) is 3.25. The number of aliphatic hydroxyl groups is 3. The van der Waals surface area contributed by atoms with Crippen LogP contribution in [0.3, 0.4) is 0 Å². The highest BCUT2D eigenvalue weighted by atomic mass is 79.9. The van der Waals surface area contributed by atoms with Crippen LogP contribution in [0.5, 0.6) is 0 Å². The summed E-state index contributed by atoms with van der Waals surface area (Å²) in [6, 6.07) is 7.54. The van der Waals surface area contributed by atoms with Gasteiger partial charge >= 0.3 is 0 Å². The minimum absolute atomic E-state index is 0.113. The van der Waals surface area contributed by atoms with E-state index in [1.54, 1.807) is 6.21 Å². The number of nitrogens with zero attached hydrogens (tertiary/aromatic N) is 5. The van der Waals surface area contributed by atoms with E-state index in [0.717, 1.165) is 10.0 Å². The minimum atomic E-state index is -1.27. The molecule has 0 aliphatic carbocycles. The van der Waals surface area contributed by atoms with Crippen molar-refractivity contribution >= 4 is 45.1 Å². The summed E-state index contributed by atoms with van der Waals surface area (Å²) in [5, 5.41) is 33.6. The molecule has 0 amide bonds. The van der Waals surface area contributed by atoms with Crippen LogP contribution in [0.2, 0.25) is 0 Å². The Bertz CT molecular complexity index is 1040. The molecule has 12 heteroatoms. The zero-order valence-electron chi connectivity index (χ0n) is 14.9. The Hall–Kier alpha value is -2.64. The van der Waals surface area contributed by atoms with E-state index in [-0.39, 0.29) is 17.4 Å². The van der Waals surface area contributed by atoms with Gasteiger partial charge < -0.3 is 25.8 Å². The number of aromatic nitrogens is 4. The number of benzene rings is 1. The van der Waals surface area contributed by atoms with Gasteiger partial charge in [0.1, 0.15) is 23.8 Å². The van der Waals surface area contributed by atoms with Crippen LogP contribution in [-0.4, -0.2) is 66.0 Å². The summed E-state index contributed by atoms with van der Waals surface area (Å²) in [4.78, 5) is 12.6. The molecular weight excluding hydrogens is 446 g/mol. The third-order valence-corrected chi connectivity index (χ3v) is 5.02. The monoisotopic (exact) mass is 463 g/mol. The zero-order chi connectivity index (χ0) is 20.5. The van der Waals surface area contributed by atoms with Gasteiger partial charge in [0.2, 0.25) is 5.95 Å². The van der Waals surface area contributed by atoms with Crippen LogP contribution in [-0.2, 0) is 4.74 Å². The van der Waals surface area contributed by atoms with Crippen LogP contribution in [0.15, 0.2) is 40.2 Å². The fourth-order valence-electron chi connectivity index (χ4n) is 3.00. The summed E-state index contributed by atoms with van der Waals surface area (Å²) in [6.07, 6.45) is -1.44. The number of hydrazone groups is 1. The highest BCUT2D eigenvalue weighted by Gasteiger charge is 2.44. The molecule has 4 rings (SSSR count). The molecule has 3 heterocycles. The number of hydrogen-bond acceptors (Lipinski definition) is 10. The molecule has 4 atom stereocenters. The number of anilines is 2. The molecule has 0 radical (unpaired) electrons. The third kappa shape index (κ3) is 3.80. The Kier molecular flexibility index (Phi) is 5.43. The molecule has 11 nitrogen and oxygen atoms in total. The minimum Gasteiger partial charge on any atom is -0.394 e. The summed E-state index contributed by atoms with van der Waals surface area (Å²) < 4.78 is 7.93. The van der Waals surface area contributed by atoms with Crippen LogP contribution in [0.25, 0.3) is 11.2 Å². The lowest BCUT2D eigenvalue weighted by Crippen LogP contribution is -2.33. The van der Waals surface area contributed by atoms with Crippen molar-refractivity contribution in [1.29, 1.82) is 0 Å². The smallest absolute Gasteiger partial charge is 0.247 e. The van der Waals surface area contributed by atoms with Gasteiger partial charge in [0.25, 0.3) is 0 Å². The Balaban J connectivity index is 1.61. The first-order valence-corrected chi connectivity index (χ1v) is 9.44. The molecule has 3 aromatic rings. The lowest BCUT2D eigenvalue weighted by atomic mass is 10.1. The molecule has 0 unspecified atom stereocenters. The van der Waals surface area contributed by atoms with E-state index >= 15 is 0 Å². The van der Waals surface area contributed by atoms with Gasteiger partial charge in [0.15, 0.2) is 17.7 Å². The normalized spacial score (nSPS) is 24.6. The Morgan fingerprint density at radius 2 is 2.00 bits per heavy atom. The van der Waals surface area contributed by atoms with Crippen LogP contribution in [0.4, 0.5) is 11.8 Å². The van der Waals surface area contributed by atoms with Gasteiger partial charge in [-0.2, -0.15) is 15.1 Å². The number of aliphatic hydroxyl groups excluding tert-OH is 3. The van der Waals surface area contributed by atoms with Crippen LogP contribution in [0.1, 0.15) is 11.8 Å². The Labute approximate surface area is 173 Å². The number of imidazole rings is 1. The number of nitrogen functional groups attached to an aromatic ring is 1. The number of nitrogens with two attached hydrogens (primary N) is 1. The van der Waals surface area contributed by atoms with Gasteiger partial charge in [-0.25, -0.2) is 10.4 Å². The van der Waals surface area contributed by atoms with Crippen LogP contribution < -0.4 is 11.2 Å². The fraction of sp³-hybridized carbons (Fsp3) is 0.294. The van der Waals surface area contributed by atoms with Crippen molar-refractivity contribution in [2.75, 3.05) is 17.8 Å². The van der Waals surface area contributed by atoms with Crippen molar-refractivity contribution in [3.8, 4) is 0 Å². The van der Waals surface area contributed by atoms with Crippen molar-refractivity contribution in [1.82, 2.24) is 19.5 Å². The van der Waals surface area contributed by atoms with Gasteiger partial charge in [-0.15, -0.1) is 0 Å². The number of fused-ring (bicyclic) bond motifs is 1. The van der Waals surface area contributed by atoms with E-state index in [4.69, 9.17) is 10.5 Å². The first kappa shape index (κ1) is 19.7. The third-order valence-electron chi connectivity index (χ3n) is 4.49. The molecule has 1 aliphatic heterocycles. The molecule has 0 saturated carbocycles. The van der Waals surface area contributed by atoms with Crippen molar-refractivity contribution in [2.45, 2.75) is 24.5 Å². The van der Waals surface area contributed by atoms with Crippen LogP contribution >= 0.6 is 15.9 Å². The van der Waals surface area contributed by atoms with Gasteiger partial charge in [0.05, 0.1) is 19.1 Å². The van der Waals surface area contributed by atoms with Crippen LogP contribution in [0, 0.1) is 0 Å². The summed E-state index contributed by atoms with van der Waals surface area (Å²) in [6.45, 7) is -0.434. The van der Waals surface area contributed by atoms with Crippen molar-refractivity contribution in [3.05, 3.63) is 40.6 Å². The van der Waals surface area contributed by atoms with Crippen molar-refractivity contribution < 1.29 is 20.1 Å². The summed E-state index contributed by atoms with van der Waals surface area (Å²) in [5.74, 6) is 0.235. The Morgan fingerprint density at radius 1 is 1.24 bits per heavy atom. The molecular formula is C17H18BrN7O4. The van der Waals surface area contributed by atoms with Gasteiger partial charge in [-0.1, -0.05) is 28.1 Å². The molecule has 152 valence electrons. The molecule has 29 heavy (non-hydrogen) atoms. The maximum atomic E-state index is 10.3. The van der Waals surface area contributed by atoms with E-state index in [2.05, 4.69) is 41.4 Å². The fourth-order valence-corrected chi connectivity index (χ4v) is 3.26. The zero-order valence-corrected chi connectivity index (χ0v) is 16.5. The van der Waals surface area contributed by atoms with Crippen molar-refractivity contribution in [3.63, 3.8) is 0 Å². The number of ether oxygens (including phenoxy) is 1. The lowest BCUT2D eigenvalue weighted by molar-refractivity contribution is -0.0511. The molecule has 2 aromatic heterocycles. The predicted octanol–water partition coefficient (Wildman–Crippen LogP) is 0.228. The molecule has 1 fully saturated rings. The molecule has 0 bridgehead atoms. The van der Waals surface area contributed by atoms with E-state index in [0.29, 0.717) is 5.52 Å². The summed E-state index contributed by atoms with van der Waals surface area (Å²) in [7, 11) is 0. The number of nitrogens with one attached hydrogen (secondary N) is 1. The van der Waals surface area contributed by atoms with E-state index in [1.165, 1.54) is 10.9 Å². The summed E-state index contributed by atoms with van der Waals surface area (Å²) >= 11 is 3.37. The first-order valence-electron chi connectivity index (χ1n) is 8.65. The van der Waals surface area contributed by atoms with E-state index in [1.807, 2.05) is 24.3 Å². The maximum absolute atomic E-state index is 10.3. The largest absolute Gasteiger partial charge is 0.394 e. The standard InChI is InChI=1S/C17H18BrN7O4/c18-9-3-1-8(2-4-9)5-21-24-17-22-14(19)11-15(23-17)25(7-20-11)16-13(28)12(27)10(6-26)29-16/h1-5,7,10,12-13,16,26-28H,6H2,(H3,19,22,23,24)/t10-,12-,13-,16-/m1/s1. The second-order valence-corrected chi connectivity index (χ2v) is 7.32. The lowest BCUT2D eigenvalue weighted by Gasteiger charge is -2.16. The average molecular weight is 464 g/mol. The predicted molar refractivity (Wildman–Crippen MR) is 108 cm³/mol. The molecule has 1 aromatic carbocycles. The van der Waals surface area contributed by atoms with Gasteiger partial charge in [-0.05, 0) is 17.7 Å². The highest BCUT2D eigenvalue weighted by Crippen LogP contribution is 2.32. The molecule has 1 saturated heterocycles. The molecule has 6 N–H and O–H groups in total. The van der Waals surface area contributed by atoms with Crippen molar-refractivity contribution in [2.24, 2.45) is 5.10 Å². The van der Waals surface area contributed by atoms with Gasteiger partial charge in [0, 0.05) is 4.47 Å². The van der Waals surface area contributed by atoms with E-state index in [9.17, 15) is 15.3 Å². The molecule has 0 spiro atoms. The van der Waals surface area contributed by atoms with Gasteiger partial charge in [-0.3, -0.25) is 4.57 Å². The quantitative estimate of drug-likeness (QED) is 0.263. The first-order chi connectivity index (χ1) is 14.0. The maximum Gasteiger partial charge on any atom is 0.247 e. The topological polar surface area (TPSA) is 164 Å². The molecule has 1 aliphatic rings. The number of hydrogen-bond donors (Lipinski definition) is 5. The SMILES string of the molecule is Nc1nc(NN=Cc2ccc(Br)cc2)nc2c1ncn2[C@@H]1O[C@H](CO)[C@@H](O)[C@H]1O.